The van der Waals surface area contributed by atoms with Crippen LogP contribution in [-0.4, -0.2) is 0 Å². The highest BCUT2D eigenvalue weighted by molar-refractivity contribution is 14.1. The van der Waals surface area contributed by atoms with E-state index in [2.05, 4.69) is 114 Å². The summed E-state index contributed by atoms with van der Waals surface area (Å²) in [7, 11) is 0. The first kappa shape index (κ1) is 30.9. The first-order valence-corrected chi connectivity index (χ1v) is 16.6. The average Bonchev–Trinajstić information content (AvgIpc) is 2.90. The molecule has 0 aliphatic carbocycles. The third kappa shape index (κ3) is 7.12. The molecule has 0 aliphatic rings. The number of halogens is 1. The Kier molecular flexibility index (Phi) is 12.4. The van der Waals surface area contributed by atoms with E-state index < -0.39 is 0 Å². The van der Waals surface area contributed by atoms with E-state index in [1.54, 1.807) is 22.3 Å². The molecule has 0 amide bonds. The van der Waals surface area contributed by atoms with Crippen LogP contribution in [0.15, 0.2) is 42.5 Å². The van der Waals surface area contributed by atoms with E-state index in [0.717, 1.165) is 19.3 Å². The molecule has 38 heavy (non-hydrogen) atoms. The third-order valence-electron chi connectivity index (χ3n) is 7.99. The standard InChI is InChI=1S/C37H51I/c1-8-15-27-22-29(17-10-3)35(30(23-27)18-11-4)32-20-14-21-33(37(32)38)36-31(19-12-5)24-28(16-9-2)25-34(36)26(7)13-6/h14,20-26H,8-13,15-19H2,1-7H3. The van der Waals surface area contributed by atoms with Crippen LogP contribution in [0.3, 0.4) is 0 Å². The molecule has 3 rings (SSSR count). The molecular weight excluding hydrogens is 571 g/mol. The molecule has 0 N–H and O–H groups in total. The van der Waals surface area contributed by atoms with E-state index in [0.29, 0.717) is 5.92 Å². The van der Waals surface area contributed by atoms with Gasteiger partial charge in [-0.15, -0.1) is 0 Å². The lowest BCUT2D eigenvalue weighted by Gasteiger charge is -2.24. The Morgan fingerprint density at radius 2 is 1.00 bits per heavy atom. The van der Waals surface area contributed by atoms with Crippen LogP contribution in [-0.2, 0) is 32.1 Å². The summed E-state index contributed by atoms with van der Waals surface area (Å²) >= 11 is 2.69. The van der Waals surface area contributed by atoms with Gasteiger partial charge >= 0.3 is 0 Å². The molecule has 0 saturated carbocycles. The fraction of sp³-hybridized carbons (Fsp3) is 0.514. The lowest BCUT2D eigenvalue weighted by atomic mass is 9.82. The Bertz CT molecular complexity index is 1160. The molecule has 1 heteroatoms. The highest BCUT2D eigenvalue weighted by atomic mass is 127. The zero-order valence-electron chi connectivity index (χ0n) is 25.3. The van der Waals surface area contributed by atoms with Gasteiger partial charge in [0, 0.05) is 3.57 Å². The highest BCUT2D eigenvalue weighted by Gasteiger charge is 2.22. The quantitative estimate of drug-likeness (QED) is 0.157. The Morgan fingerprint density at radius 1 is 0.579 bits per heavy atom. The van der Waals surface area contributed by atoms with E-state index in [-0.39, 0.29) is 0 Å². The zero-order valence-corrected chi connectivity index (χ0v) is 27.4. The van der Waals surface area contributed by atoms with Crippen LogP contribution in [0.25, 0.3) is 22.3 Å². The summed E-state index contributed by atoms with van der Waals surface area (Å²) in [6, 6.07) is 17.2. The molecule has 0 bridgehead atoms. The molecule has 0 aromatic heterocycles. The van der Waals surface area contributed by atoms with Crippen LogP contribution in [0.4, 0.5) is 0 Å². The Balaban J connectivity index is 2.34. The summed E-state index contributed by atoms with van der Waals surface area (Å²) in [5.74, 6) is 0.552. The van der Waals surface area contributed by atoms with Gasteiger partial charge in [-0.3, -0.25) is 0 Å². The number of rotatable bonds is 14. The molecule has 0 saturated heterocycles. The van der Waals surface area contributed by atoms with E-state index in [9.17, 15) is 0 Å². The summed E-state index contributed by atoms with van der Waals surface area (Å²) in [5, 5.41) is 0. The van der Waals surface area contributed by atoms with Crippen molar-refractivity contribution in [1.82, 2.24) is 0 Å². The van der Waals surface area contributed by atoms with E-state index >= 15 is 0 Å². The minimum atomic E-state index is 0.552. The normalized spacial score (nSPS) is 12.2. The predicted octanol–water partition coefficient (Wildman–Crippen LogP) is 11.9. The predicted molar refractivity (Wildman–Crippen MR) is 179 cm³/mol. The number of hydrogen-bond donors (Lipinski definition) is 0. The van der Waals surface area contributed by atoms with Crippen LogP contribution in [0, 0.1) is 3.57 Å². The van der Waals surface area contributed by atoms with Crippen LogP contribution in [0.5, 0.6) is 0 Å². The first-order chi connectivity index (χ1) is 18.4. The summed E-state index contributed by atoms with van der Waals surface area (Å²) in [4.78, 5) is 0. The number of hydrogen-bond acceptors (Lipinski definition) is 0. The minimum Gasteiger partial charge on any atom is -0.0651 e. The molecular formula is C37H51I. The molecule has 1 atom stereocenters. The second-order valence-corrected chi connectivity index (χ2v) is 12.3. The Labute approximate surface area is 248 Å². The molecule has 1 unspecified atom stereocenters. The fourth-order valence-corrected chi connectivity index (χ4v) is 7.00. The SMILES string of the molecule is CCCc1cc(CCC)c(-c2cccc(-c3c(CCC)cc(CCC)cc3C(C)CC)c2I)c(CCC)c1. The van der Waals surface area contributed by atoms with Crippen molar-refractivity contribution in [2.75, 3.05) is 0 Å². The second kappa shape index (κ2) is 15.2. The molecule has 206 valence electrons. The Morgan fingerprint density at radius 3 is 1.45 bits per heavy atom. The molecule has 3 aromatic carbocycles. The molecule has 0 spiro atoms. The van der Waals surface area contributed by atoms with Crippen molar-refractivity contribution in [2.45, 2.75) is 125 Å². The van der Waals surface area contributed by atoms with Gasteiger partial charge in [0.05, 0.1) is 0 Å². The number of benzene rings is 3. The topological polar surface area (TPSA) is 0 Å². The van der Waals surface area contributed by atoms with Gasteiger partial charge in [0.25, 0.3) is 0 Å². The lowest BCUT2D eigenvalue weighted by Crippen LogP contribution is -2.05. The average molecular weight is 623 g/mol. The lowest BCUT2D eigenvalue weighted by molar-refractivity contribution is 0.730. The van der Waals surface area contributed by atoms with Gasteiger partial charge in [-0.2, -0.15) is 0 Å². The van der Waals surface area contributed by atoms with Crippen LogP contribution in [0.1, 0.15) is 126 Å². The molecule has 0 radical (unpaired) electrons. The summed E-state index contributed by atoms with van der Waals surface area (Å²) < 4.78 is 1.42. The van der Waals surface area contributed by atoms with Crippen LogP contribution in [0.2, 0.25) is 0 Å². The van der Waals surface area contributed by atoms with Crippen molar-refractivity contribution in [3.05, 3.63) is 79.4 Å². The van der Waals surface area contributed by atoms with Crippen molar-refractivity contribution < 1.29 is 0 Å². The zero-order chi connectivity index (χ0) is 27.7. The second-order valence-electron chi connectivity index (χ2n) is 11.2. The summed E-state index contributed by atoms with van der Waals surface area (Å²) in [5.41, 5.74) is 15.1. The molecule has 0 fully saturated rings. The third-order valence-corrected chi connectivity index (χ3v) is 9.15. The van der Waals surface area contributed by atoms with Gasteiger partial charge in [-0.1, -0.05) is 123 Å². The van der Waals surface area contributed by atoms with Gasteiger partial charge in [0.15, 0.2) is 0 Å². The molecule has 0 aliphatic heterocycles. The largest absolute Gasteiger partial charge is 0.0651 e. The van der Waals surface area contributed by atoms with E-state index in [1.165, 1.54) is 88.3 Å². The van der Waals surface area contributed by atoms with Crippen molar-refractivity contribution in [3.63, 3.8) is 0 Å². The summed E-state index contributed by atoms with van der Waals surface area (Å²) in [6.45, 7) is 16.3. The van der Waals surface area contributed by atoms with Crippen LogP contribution >= 0.6 is 22.6 Å². The molecule has 3 aromatic rings. The van der Waals surface area contributed by atoms with Gasteiger partial charge in [0.1, 0.15) is 0 Å². The van der Waals surface area contributed by atoms with E-state index in [1.807, 2.05) is 0 Å². The fourth-order valence-electron chi connectivity index (χ4n) is 6.10. The van der Waals surface area contributed by atoms with Gasteiger partial charge in [-0.25, -0.2) is 0 Å². The Hall–Kier alpha value is -1.61. The minimum absolute atomic E-state index is 0.552. The molecule has 0 heterocycles. The van der Waals surface area contributed by atoms with Crippen molar-refractivity contribution in [1.29, 1.82) is 0 Å². The van der Waals surface area contributed by atoms with Crippen molar-refractivity contribution in [3.8, 4) is 22.3 Å². The van der Waals surface area contributed by atoms with Gasteiger partial charge < -0.3 is 0 Å². The summed E-state index contributed by atoms with van der Waals surface area (Å²) in [6.07, 6.45) is 12.9. The smallest absolute Gasteiger partial charge is 0.0287 e. The van der Waals surface area contributed by atoms with Gasteiger partial charge in [-0.05, 0) is 123 Å². The molecule has 0 nitrogen and oxygen atoms in total. The monoisotopic (exact) mass is 622 g/mol. The van der Waals surface area contributed by atoms with Crippen molar-refractivity contribution >= 4 is 22.6 Å². The van der Waals surface area contributed by atoms with Crippen molar-refractivity contribution in [2.24, 2.45) is 0 Å². The van der Waals surface area contributed by atoms with Gasteiger partial charge in [0.2, 0.25) is 0 Å². The van der Waals surface area contributed by atoms with E-state index in [4.69, 9.17) is 0 Å². The van der Waals surface area contributed by atoms with Crippen LogP contribution < -0.4 is 0 Å². The number of aryl methyl sites for hydroxylation is 5. The maximum absolute atomic E-state index is 2.69. The maximum Gasteiger partial charge on any atom is 0.0287 e. The maximum atomic E-state index is 2.69. The first-order valence-electron chi connectivity index (χ1n) is 15.5. The highest BCUT2D eigenvalue weighted by Crippen LogP contribution is 2.43.